The first kappa shape index (κ1) is 92.5. The zero-order valence-corrected chi connectivity index (χ0v) is 77.8. The summed E-state index contributed by atoms with van der Waals surface area (Å²) >= 11 is 0. The molecule has 1 saturated carbocycles. The fourth-order valence-electron chi connectivity index (χ4n) is 18.8. The van der Waals surface area contributed by atoms with Crippen molar-refractivity contribution in [2.75, 3.05) is 155 Å². The molecule has 1 aliphatic carbocycles. The highest BCUT2D eigenvalue weighted by Gasteiger charge is 2.27. The largest absolute Gasteiger partial charge is 0.508 e. The van der Waals surface area contributed by atoms with Crippen LogP contribution in [-0.4, -0.2) is 258 Å². The summed E-state index contributed by atoms with van der Waals surface area (Å²) in [5.74, 6) is 1.69. The monoisotopic (exact) mass is 1710 g/mol. The molecule has 17 rings (SSSR count). The van der Waals surface area contributed by atoms with E-state index in [4.69, 9.17) is 10.2 Å². The first-order valence-corrected chi connectivity index (χ1v) is 46.6. The zero-order valence-electron chi connectivity index (χ0n) is 77.8. The maximum absolute atomic E-state index is 13.1. The summed E-state index contributed by atoms with van der Waals surface area (Å²) in [5.41, 5.74) is 22.3. The lowest BCUT2D eigenvalue weighted by Crippen LogP contribution is -2.49. The van der Waals surface area contributed by atoms with Gasteiger partial charge in [0.15, 0.2) is 0 Å². The van der Waals surface area contributed by atoms with Crippen LogP contribution in [0.2, 0.25) is 0 Å². The number of nitrogens with zero attached hydrogens (tertiary/aromatic N) is 17. The molecule has 6 aromatic carbocycles. The number of H-pyrrole nitrogens is 1. The minimum absolute atomic E-state index is 0.0248. The number of hydrogen-bond donors (Lipinski definition) is 3. The van der Waals surface area contributed by atoms with Gasteiger partial charge in [-0.15, -0.1) is 0 Å². The molecule has 14 aromatic rings. The van der Waals surface area contributed by atoms with Gasteiger partial charge in [-0.3, -0.25) is 28.9 Å². The summed E-state index contributed by atoms with van der Waals surface area (Å²) in [6.07, 6.45) is 25.5. The number of rotatable bonds is 33. The third-order valence-electron chi connectivity index (χ3n) is 26.6. The molecule has 0 spiro atoms. The van der Waals surface area contributed by atoms with Crippen molar-refractivity contribution in [1.82, 2.24) is 87.0 Å². The molecular formula is C106H140N18O3. The molecule has 0 radical (unpaired) electrons. The number of aliphatic hydroxyl groups excluding tert-OH is 1. The van der Waals surface area contributed by atoms with Crippen molar-refractivity contribution < 1.29 is 15.0 Å². The number of benzene rings is 6. The smallest absolute Gasteiger partial charge is 0.253 e. The van der Waals surface area contributed by atoms with Crippen LogP contribution in [0.25, 0.3) is 66.1 Å². The molecule has 672 valence electrons. The topological polar surface area (TPSA) is 167 Å². The zero-order chi connectivity index (χ0) is 88.9. The molecule has 2 saturated heterocycles. The van der Waals surface area contributed by atoms with Crippen LogP contribution >= 0.6 is 0 Å². The Morgan fingerprint density at radius 1 is 0.465 bits per heavy atom. The minimum Gasteiger partial charge on any atom is -0.508 e. The number of aromatic nitrogens is 10. The summed E-state index contributed by atoms with van der Waals surface area (Å²) in [6.45, 7) is 30.1. The molecule has 2 aliphatic heterocycles. The standard InChI is InChI=1S/C28H40N4O.C26H28N6.C26H38N4O.C26H34N4O/c1-22-23(2)32(14-5-13-29(3)4)28-11-8-25(20-27(22)28)21-31-18-16-30(17-19-31)15-12-24-6-9-26(33)10-7-24;1-30(2)15-4-16-31-17-10-22-19-21(6-7-25(22)31)23-11-18-32(29-23)26(24-5-3-12-28-24)20-8-13-27-14-9-20;1-19-20(2)30(14-5-13-28(3)4)26-11-10-23(16-24(19)26)25-12-15-29(27-25)17-21-6-8-22(18-31)9-7-21;1-27(2)13-6-14-29-16-12-23-21-24(9-10-25(23)29)26(31)30-19-17-28(18-20-30)15-11-22-7-4-3-5-8-22/h6-11,20,33H,5,12-19,21H2,1-4H3;3,5-14,17-19,26,28H,4,15-16H2,1-2H3;10-12,15-16,21-22,31H,5-9,13-14,17-18H2,1-4H3;3-5,7-10,12,16,21H,6,11,13-15,17-20H2,1-2H3. The van der Waals surface area contributed by atoms with E-state index in [0.29, 0.717) is 24.2 Å². The Bertz CT molecular complexity index is 5730. The number of pyridine rings is 1. The van der Waals surface area contributed by atoms with E-state index in [-0.39, 0.29) is 11.9 Å². The molecule has 127 heavy (non-hydrogen) atoms. The average Bonchev–Trinajstić information content (AvgIpc) is 1.63. The minimum atomic E-state index is -0.0248. The molecular weight excluding hydrogens is 1570 g/mol. The predicted molar refractivity (Wildman–Crippen MR) is 523 cm³/mol. The van der Waals surface area contributed by atoms with E-state index in [1.165, 1.54) is 102 Å². The van der Waals surface area contributed by atoms with Crippen molar-refractivity contribution in [3.63, 3.8) is 0 Å². The highest BCUT2D eigenvalue weighted by molar-refractivity contribution is 5.98. The Labute approximate surface area is 754 Å². The van der Waals surface area contributed by atoms with Gasteiger partial charge in [-0.1, -0.05) is 60.7 Å². The SMILES string of the molecule is CN(C)CCCn1ccc2cc(-c3ccn(C(c4ccncc4)c4ccc[nH]4)n3)ccc21.CN(C)CCCn1ccc2cc(C(=O)N3CCN(CCc4ccccc4)CC3)ccc21.Cc1c(C)n(CCCN(C)C)c2ccc(-c3ccn(CC4CCC(CO)CC4)n3)cc12.Cc1c(C)n(CCCN(C)C)c2ccc(CN3CCN(CCc4ccc(O)cc4)CC3)cc12. The van der Waals surface area contributed by atoms with Gasteiger partial charge in [0.1, 0.15) is 11.8 Å². The van der Waals surface area contributed by atoms with Crippen LogP contribution in [-0.2, 0) is 52.1 Å². The molecule has 10 heterocycles. The fourth-order valence-corrected chi connectivity index (χ4v) is 18.8. The molecule has 1 unspecified atom stereocenters. The Hall–Kier alpha value is -10.7. The van der Waals surface area contributed by atoms with Gasteiger partial charge in [-0.25, -0.2) is 0 Å². The number of hydrogen-bond acceptors (Lipinski definition) is 13. The van der Waals surface area contributed by atoms with E-state index < -0.39 is 0 Å². The lowest BCUT2D eigenvalue weighted by Gasteiger charge is -2.34. The molecule has 8 aromatic heterocycles. The van der Waals surface area contributed by atoms with Gasteiger partial charge in [0.2, 0.25) is 0 Å². The van der Waals surface area contributed by atoms with E-state index in [0.717, 1.165) is 215 Å². The summed E-state index contributed by atoms with van der Waals surface area (Å²) < 4.78 is 13.7. The van der Waals surface area contributed by atoms with Crippen LogP contribution in [0.15, 0.2) is 219 Å². The summed E-state index contributed by atoms with van der Waals surface area (Å²) in [5, 5.41) is 33.8. The normalized spacial score (nSPS) is 15.7. The molecule has 21 nitrogen and oxygen atoms in total. The highest BCUT2D eigenvalue weighted by atomic mass is 16.3. The van der Waals surface area contributed by atoms with Gasteiger partial charge in [0.05, 0.1) is 11.4 Å². The van der Waals surface area contributed by atoms with E-state index in [1.54, 1.807) is 12.1 Å². The molecule has 21 heteroatoms. The van der Waals surface area contributed by atoms with E-state index in [2.05, 4.69) is 303 Å². The van der Waals surface area contributed by atoms with Gasteiger partial charge >= 0.3 is 0 Å². The fraction of sp³-hybridized carbons (Fsp3) is 0.434. The van der Waals surface area contributed by atoms with Gasteiger partial charge < -0.3 is 62.9 Å². The van der Waals surface area contributed by atoms with Gasteiger partial charge in [0.25, 0.3) is 5.91 Å². The Kier molecular flexibility index (Phi) is 32.6. The molecule has 0 bridgehead atoms. The first-order chi connectivity index (χ1) is 61.6. The first-order valence-electron chi connectivity index (χ1n) is 46.6. The second kappa shape index (κ2) is 44.8. The summed E-state index contributed by atoms with van der Waals surface area (Å²) in [4.78, 5) is 39.2. The maximum atomic E-state index is 13.1. The second-order valence-electron chi connectivity index (χ2n) is 36.9. The molecule has 3 N–H and O–H groups in total. The summed E-state index contributed by atoms with van der Waals surface area (Å²) in [7, 11) is 17.0. The number of carbonyl (C=O) groups is 1. The molecule has 3 fully saturated rings. The van der Waals surface area contributed by atoms with Crippen LogP contribution < -0.4 is 0 Å². The van der Waals surface area contributed by atoms with Gasteiger partial charge in [-0.2, -0.15) is 10.2 Å². The predicted octanol–water partition coefficient (Wildman–Crippen LogP) is 17.6. The van der Waals surface area contributed by atoms with Crippen LogP contribution in [0.1, 0.15) is 118 Å². The van der Waals surface area contributed by atoms with Crippen molar-refractivity contribution in [2.24, 2.45) is 11.8 Å². The molecule has 1 atom stereocenters. The van der Waals surface area contributed by atoms with Crippen molar-refractivity contribution in [2.45, 2.75) is 137 Å². The molecule has 3 aliphatic rings. The second-order valence-corrected chi connectivity index (χ2v) is 36.9. The van der Waals surface area contributed by atoms with Crippen LogP contribution in [0.5, 0.6) is 5.75 Å². The number of aromatic hydroxyl groups is 1. The Balaban J connectivity index is 0.000000137. The number of nitrogens with one attached hydrogen (secondary N) is 1. The number of phenolic OH excluding ortho intramolecular Hbond substituents is 1. The molecule has 1 amide bonds. The number of fused-ring (bicyclic) bond motifs is 4. The van der Waals surface area contributed by atoms with Crippen molar-refractivity contribution in [3.8, 4) is 28.3 Å². The lowest BCUT2D eigenvalue weighted by molar-refractivity contribution is 0.0638. The number of amides is 1. The average molecular weight is 1710 g/mol. The van der Waals surface area contributed by atoms with E-state index in [9.17, 15) is 15.0 Å². The lowest BCUT2D eigenvalue weighted by atomic mass is 9.82. The number of aryl methyl sites for hydroxylation is 6. The number of piperazine rings is 2. The van der Waals surface area contributed by atoms with Crippen molar-refractivity contribution in [3.05, 3.63) is 275 Å². The van der Waals surface area contributed by atoms with Crippen molar-refractivity contribution in [1.29, 1.82) is 0 Å². The number of aliphatic hydroxyl groups is 1. The number of phenols is 1. The van der Waals surface area contributed by atoms with Gasteiger partial charge in [0, 0.05) is 232 Å². The van der Waals surface area contributed by atoms with Gasteiger partial charge in [-0.05, 0) is 335 Å². The third kappa shape index (κ3) is 24.8. The van der Waals surface area contributed by atoms with Crippen LogP contribution in [0.4, 0.5) is 0 Å². The Morgan fingerprint density at radius 2 is 0.969 bits per heavy atom. The number of carbonyl (C=O) groups excluding carboxylic acids is 1. The number of aromatic amines is 1. The maximum Gasteiger partial charge on any atom is 0.253 e. The van der Waals surface area contributed by atoms with E-state index >= 15 is 0 Å². The summed E-state index contributed by atoms with van der Waals surface area (Å²) in [6, 6.07) is 61.7. The highest BCUT2D eigenvalue weighted by Crippen LogP contribution is 2.35. The van der Waals surface area contributed by atoms with Crippen LogP contribution in [0, 0.1) is 39.5 Å². The third-order valence-corrected chi connectivity index (χ3v) is 26.6. The Morgan fingerprint density at radius 3 is 1.55 bits per heavy atom. The van der Waals surface area contributed by atoms with Crippen LogP contribution in [0.3, 0.4) is 0 Å². The quantitative estimate of drug-likeness (QED) is 0.0356. The van der Waals surface area contributed by atoms with Crippen molar-refractivity contribution >= 4 is 49.5 Å². The van der Waals surface area contributed by atoms with E-state index in [1.807, 2.05) is 64.6 Å².